The summed E-state index contributed by atoms with van der Waals surface area (Å²) in [4.78, 5) is 25.8. The second-order valence-electron chi connectivity index (χ2n) is 5.99. The summed E-state index contributed by atoms with van der Waals surface area (Å²) in [7, 11) is 1.53. The normalized spacial score (nSPS) is 11.0. The van der Waals surface area contributed by atoms with Crippen molar-refractivity contribution in [3.05, 3.63) is 101 Å². The summed E-state index contributed by atoms with van der Waals surface area (Å²) >= 11 is 0. The van der Waals surface area contributed by atoms with E-state index in [0.29, 0.717) is 22.6 Å². The Bertz CT molecular complexity index is 1010. The predicted octanol–water partition coefficient (Wildman–Crippen LogP) is 4.74. The zero-order valence-electron chi connectivity index (χ0n) is 15.2. The van der Waals surface area contributed by atoms with Gasteiger partial charge in [0.2, 0.25) is 0 Å². The van der Waals surface area contributed by atoms with Gasteiger partial charge in [-0.1, -0.05) is 48.5 Å². The Balaban J connectivity index is 1.96. The van der Waals surface area contributed by atoms with Crippen LogP contribution in [0, 0.1) is 5.82 Å². The highest BCUT2D eigenvalue weighted by molar-refractivity contribution is 6.31. The van der Waals surface area contributed by atoms with Crippen LogP contribution in [0.4, 0.5) is 10.1 Å². The first-order valence-electron chi connectivity index (χ1n) is 8.59. The third-order valence-electron chi connectivity index (χ3n) is 4.03. The van der Waals surface area contributed by atoms with Crippen LogP contribution in [-0.4, -0.2) is 18.8 Å². The molecular weight excluding hydrogens is 357 g/mol. The Morgan fingerprint density at radius 1 is 0.929 bits per heavy atom. The fraction of sp³-hybridized carbons (Fsp3) is 0.0435. The zero-order chi connectivity index (χ0) is 19.9. The van der Waals surface area contributed by atoms with Gasteiger partial charge in [0, 0.05) is 17.3 Å². The summed E-state index contributed by atoms with van der Waals surface area (Å²) in [5, 5.41) is 2.72. The summed E-state index contributed by atoms with van der Waals surface area (Å²) in [5.74, 6) is -0.804. The first-order valence-corrected chi connectivity index (χ1v) is 8.59. The van der Waals surface area contributed by atoms with Gasteiger partial charge in [-0.25, -0.2) is 4.39 Å². The summed E-state index contributed by atoms with van der Waals surface area (Å²) in [6.45, 7) is 0. The van der Waals surface area contributed by atoms with Gasteiger partial charge in [0.25, 0.3) is 5.91 Å². The standard InChI is InChI=1S/C23H18FNO3/c1-28-20-9-5-8-19(15-20)25-23(27)21(14-16-10-12-18(24)13-11-16)22(26)17-6-3-2-4-7-17/h2-15H,1H3,(H,25,27)/b21-14+. The molecule has 0 aromatic heterocycles. The molecule has 0 radical (unpaired) electrons. The van der Waals surface area contributed by atoms with Crippen LogP contribution in [-0.2, 0) is 4.79 Å². The van der Waals surface area contributed by atoms with Crippen LogP contribution in [0.25, 0.3) is 6.08 Å². The van der Waals surface area contributed by atoms with Crippen LogP contribution in [0.5, 0.6) is 5.75 Å². The number of anilines is 1. The lowest BCUT2D eigenvalue weighted by molar-refractivity contribution is -0.112. The van der Waals surface area contributed by atoms with Gasteiger partial charge in [0.05, 0.1) is 12.7 Å². The monoisotopic (exact) mass is 375 g/mol. The van der Waals surface area contributed by atoms with E-state index in [0.717, 1.165) is 0 Å². The number of hydrogen-bond donors (Lipinski definition) is 1. The highest BCUT2D eigenvalue weighted by Crippen LogP contribution is 2.20. The number of ketones is 1. The van der Waals surface area contributed by atoms with E-state index in [1.54, 1.807) is 54.6 Å². The molecule has 0 saturated carbocycles. The van der Waals surface area contributed by atoms with Crippen molar-refractivity contribution in [3.63, 3.8) is 0 Å². The van der Waals surface area contributed by atoms with E-state index < -0.39 is 17.5 Å². The smallest absolute Gasteiger partial charge is 0.259 e. The molecule has 5 heteroatoms. The molecule has 140 valence electrons. The van der Waals surface area contributed by atoms with Crippen molar-refractivity contribution in [3.8, 4) is 5.75 Å². The van der Waals surface area contributed by atoms with Gasteiger partial charge in [-0.15, -0.1) is 0 Å². The van der Waals surface area contributed by atoms with Crippen LogP contribution < -0.4 is 10.1 Å². The molecule has 3 rings (SSSR count). The highest BCUT2D eigenvalue weighted by atomic mass is 19.1. The molecule has 28 heavy (non-hydrogen) atoms. The maximum atomic E-state index is 13.2. The third kappa shape index (κ3) is 4.71. The lowest BCUT2D eigenvalue weighted by atomic mass is 10.00. The number of Topliss-reactive ketones (excluding diaryl/α,β-unsaturated/α-hetero) is 1. The minimum Gasteiger partial charge on any atom is -0.497 e. The number of carbonyl (C=O) groups excluding carboxylic acids is 2. The van der Waals surface area contributed by atoms with Crippen LogP contribution in [0.1, 0.15) is 15.9 Å². The molecule has 4 nitrogen and oxygen atoms in total. The molecule has 0 bridgehead atoms. The topological polar surface area (TPSA) is 55.4 Å². The molecule has 0 spiro atoms. The van der Waals surface area contributed by atoms with E-state index >= 15 is 0 Å². The van der Waals surface area contributed by atoms with Crippen molar-refractivity contribution in [1.82, 2.24) is 0 Å². The van der Waals surface area contributed by atoms with Crippen molar-refractivity contribution in [2.24, 2.45) is 0 Å². The number of hydrogen-bond acceptors (Lipinski definition) is 3. The molecular formula is C23H18FNO3. The molecule has 0 heterocycles. The van der Waals surface area contributed by atoms with Crippen LogP contribution in [0.15, 0.2) is 84.4 Å². The molecule has 0 saturated heterocycles. The Morgan fingerprint density at radius 3 is 2.32 bits per heavy atom. The fourth-order valence-corrected chi connectivity index (χ4v) is 2.60. The van der Waals surface area contributed by atoms with Gasteiger partial charge in [0.1, 0.15) is 11.6 Å². The maximum absolute atomic E-state index is 13.2. The second kappa shape index (κ2) is 8.77. The largest absolute Gasteiger partial charge is 0.497 e. The van der Waals surface area contributed by atoms with Crippen molar-refractivity contribution in [2.75, 3.05) is 12.4 Å². The molecule has 0 fully saturated rings. The third-order valence-corrected chi connectivity index (χ3v) is 4.03. The number of rotatable bonds is 6. The van der Waals surface area contributed by atoms with E-state index in [2.05, 4.69) is 5.32 Å². The average molecular weight is 375 g/mol. The zero-order valence-corrected chi connectivity index (χ0v) is 15.2. The van der Waals surface area contributed by atoms with E-state index in [9.17, 15) is 14.0 Å². The van der Waals surface area contributed by atoms with Crippen molar-refractivity contribution in [1.29, 1.82) is 0 Å². The number of halogens is 1. The maximum Gasteiger partial charge on any atom is 0.259 e. The van der Waals surface area contributed by atoms with Gasteiger partial charge < -0.3 is 10.1 Å². The van der Waals surface area contributed by atoms with Crippen LogP contribution in [0.3, 0.4) is 0 Å². The summed E-state index contributed by atoms with van der Waals surface area (Å²) in [5.41, 5.74) is 1.37. The Kier molecular flexibility index (Phi) is 5.97. The Labute approximate surface area is 162 Å². The number of amides is 1. The number of ether oxygens (including phenoxy) is 1. The van der Waals surface area contributed by atoms with Gasteiger partial charge in [-0.2, -0.15) is 0 Å². The Hall–Kier alpha value is -3.73. The summed E-state index contributed by atoms with van der Waals surface area (Å²) in [6, 6.07) is 20.9. The molecule has 0 aliphatic rings. The van der Waals surface area contributed by atoms with E-state index in [4.69, 9.17) is 4.74 Å². The van der Waals surface area contributed by atoms with Crippen LogP contribution in [0.2, 0.25) is 0 Å². The predicted molar refractivity (Wildman–Crippen MR) is 107 cm³/mol. The van der Waals surface area contributed by atoms with E-state index in [-0.39, 0.29) is 5.57 Å². The quantitative estimate of drug-likeness (QED) is 0.293. The van der Waals surface area contributed by atoms with E-state index in [1.165, 1.54) is 37.5 Å². The number of benzene rings is 3. The van der Waals surface area contributed by atoms with Gasteiger partial charge >= 0.3 is 0 Å². The molecule has 3 aromatic carbocycles. The van der Waals surface area contributed by atoms with Crippen LogP contribution >= 0.6 is 0 Å². The first kappa shape index (κ1) is 19.0. The average Bonchev–Trinajstić information content (AvgIpc) is 2.73. The Morgan fingerprint density at radius 2 is 1.64 bits per heavy atom. The minimum atomic E-state index is -0.563. The van der Waals surface area contributed by atoms with E-state index in [1.807, 2.05) is 0 Å². The molecule has 0 unspecified atom stereocenters. The van der Waals surface area contributed by atoms with Gasteiger partial charge in [-0.05, 0) is 35.9 Å². The molecule has 0 atom stereocenters. The molecule has 0 aliphatic heterocycles. The number of methoxy groups -OCH3 is 1. The fourth-order valence-electron chi connectivity index (χ4n) is 2.60. The van der Waals surface area contributed by atoms with Crippen molar-refractivity contribution < 1.29 is 18.7 Å². The molecule has 1 amide bonds. The summed E-state index contributed by atoms with van der Waals surface area (Å²) in [6.07, 6.45) is 1.45. The SMILES string of the molecule is COc1cccc(NC(=O)/C(=C/c2ccc(F)cc2)C(=O)c2ccccc2)c1. The summed E-state index contributed by atoms with van der Waals surface area (Å²) < 4.78 is 18.3. The first-order chi connectivity index (χ1) is 13.6. The van der Waals surface area contributed by atoms with Crippen molar-refractivity contribution >= 4 is 23.5 Å². The number of nitrogens with one attached hydrogen (secondary N) is 1. The molecule has 3 aromatic rings. The minimum absolute atomic E-state index is 0.0550. The number of carbonyl (C=O) groups is 2. The second-order valence-corrected chi connectivity index (χ2v) is 5.99. The van der Waals surface area contributed by atoms with Gasteiger partial charge in [0.15, 0.2) is 5.78 Å². The lowest BCUT2D eigenvalue weighted by Gasteiger charge is -2.10. The molecule has 0 aliphatic carbocycles. The lowest BCUT2D eigenvalue weighted by Crippen LogP contribution is -2.20. The van der Waals surface area contributed by atoms with Gasteiger partial charge in [-0.3, -0.25) is 9.59 Å². The highest BCUT2D eigenvalue weighted by Gasteiger charge is 2.20. The van der Waals surface area contributed by atoms with Crippen molar-refractivity contribution in [2.45, 2.75) is 0 Å². The molecule has 1 N–H and O–H groups in total.